The maximum absolute atomic E-state index is 11.9. The Bertz CT molecular complexity index is 1200. The third kappa shape index (κ3) is 8.64. The summed E-state index contributed by atoms with van der Waals surface area (Å²) in [5.41, 5.74) is 3.48. The van der Waals surface area contributed by atoms with Gasteiger partial charge in [-0.3, -0.25) is 10.1 Å². The van der Waals surface area contributed by atoms with Gasteiger partial charge < -0.3 is 14.2 Å². The number of hydrogen-bond acceptors (Lipinski definition) is 8. The van der Waals surface area contributed by atoms with Gasteiger partial charge in [0.1, 0.15) is 13.2 Å². The number of amides is 1. The predicted molar refractivity (Wildman–Crippen MR) is 131 cm³/mol. The lowest BCUT2D eigenvalue weighted by atomic mass is 10.0. The van der Waals surface area contributed by atoms with Crippen LogP contribution in [0.3, 0.4) is 0 Å². The number of ether oxygens (including phenoxy) is 3. The molecule has 1 amide bonds. The molecule has 0 aliphatic rings. The normalized spacial score (nSPS) is 10.1. The van der Waals surface area contributed by atoms with E-state index in [1.54, 1.807) is 42.5 Å². The number of nitrogens with zero attached hydrogens (tertiary/aromatic N) is 1. The zero-order chi connectivity index (χ0) is 25.6. The number of aliphatic imine (C=N–C) groups is 1. The van der Waals surface area contributed by atoms with Crippen LogP contribution in [0.25, 0.3) is 0 Å². The molecule has 0 saturated carbocycles. The number of benzene rings is 3. The van der Waals surface area contributed by atoms with Crippen molar-refractivity contribution < 1.29 is 33.4 Å². The molecule has 0 fully saturated rings. The number of ketones is 1. The Balaban J connectivity index is 1.28. The summed E-state index contributed by atoms with van der Waals surface area (Å²) in [6.45, 7) is 0.0818. The van der Waals surface area contributed by atoms with Gasteiger partial charge in [-0.25, -0.2) is 14.4 Å². The third-order valence-electron chi connectivity index (χ3n) is 4.86. The van der Waals surface area contributed by atoms with E-state index in [1.165, 1.54) is 18.2 Å². The first-order valence-corrected chi connectivity index (χ1v) is 11.1. The summed E-state index contributed by atoms with van der Waals surface area (Å²) < 4.78 is 15.2. The van der Waals surface area contributed by atoms with Crippen molar-refractivity contribution in [3.63, 3.8) is 0 Å². The van der Waals surface area contributed by atoms with Gasteiger partial charge in [-0.2, -0.15) is 4.99 Å². The standard InChI is InChI=1S/C27H24N2O7/c30-19-28-23-10-6-20(7-11-23)18-21-8-12-24(13-9-21)29-27(33)36-17-15-34-14-16-35-26(32)25(31)22-4-2-1-3-5-22/h1-13H,14-18H2,(H,29,33). The maximum atomic E-state index is 11.9. The number of rotatable bonds is 12. The first-order chi connectivity index (χ1) is 17.5. The number of carbonyl (C=O) groups excluding carboxylic acids is 4. The highest BCUT2D eigenvalue weighted by Gasteiger charge is 2.17. The Morgan fingerprint density at radius 2 is 1.36 bits per heavy atom. The van der Waals surface area contributed by atoms with Crippen molar-refractivity contribution >= 4 is 35.3 Å². The van der Waals surface area contributed by atoms with Crippen LogP contribution in [0.4, 0.5) is 16.2 Å². The average Bonchev–Trinajstić information content (AvgIpc) is 2.90. The molecule has 9 nitrogen and oxygen atoms in total. The monoisotopic (exact) mass is 488 g/mol. The molecule has 3 aromatic rings. The minimum Gasteiger partial charge on any atom is -0.457 e. The van der Waals surface area contributed by atoms with Gasteiger partial charge in [-0.1, -0.05) is 54.6 Å². The highest BCUT2D eigenvalue weighted by molar-refractivity contribution is 6.40. The average molecular weight is 488 g/mol. The molecule has 184 valence electrons. The summed E-state index contributed by atoms with van der Waals surface area (Å²) in [5, 5.41) is 2.63. The van der Waals surface area contributed by atoms with E-state index in [1.807, 2.05) is 24.3 Å². The van der Waals surface area contributed by atoms with Gasteiger partial charge in [0.15, 0.2) is 0 Å². The second-order valence-corrected chi connectivity index (χ2v) is 7.45. The van der Waals surface area contributed by atoms with Crippen molar-refractivity contribution in [3.8, 4) is 0 Å². The van der Waals surface area contributed by atoms with Gasteiger partial charge in [-0.05, 0) is 41.8 Å². The molecule has 36 heavy (non-hydrogen) atoms. The second kappa shape index (κ2) is 14.0. The zero-order valence-electron chi connectivity index (χ0n) is 19.3. The molecular formula is C27H24N2O7. The Morgan fingerprint density at radius 1 is 0.750 bits per heavy atom. The molecule has 0 heterocycles. The number of carbonyl (C=O) groups is 3. The fraction of sp³-hybridized carbons (Fsp3) is 0.185. The minimum absolute atomic E-state index is 0.00491. The second-order valence-electron chi connectivity index (χ2n) is 7.45. The van der Waals surface area contributed by atoms with Gasteiger partial charge in [0.05, 0.1) is 18.9 Å². The molecule has 3 aromatic carbocycles. The Labute approximate surface area is 207 Å². The topological polar surface area (TPSA) is 120 Å². The molecule has 1 N–H and O–H groups in total. The van der Waals surface area contributed by atoms with Gasteiger partial charge in [0.25, 0.3) is 5.78 Å². The summed E-state index contributed by atoms with van der Waals surface area (Å²) in [5.74, 6) is -1.67. The largest absolute Gasteiger partial charge is 0.457 e. The van der Waals surface area contributed by atoms with E-state index in [4.69, 9.17) is 14.2 Å². The van der Waals surface area contributed by atoms with Crippen molar-refractivity contribution in [2.45, 2.75) is 6.42 Å². The fourth-order valence-electron chi connectivity index (χ4n) is 3.10. The molecule has 0 saturated heterocycles. The number of nitrogens with one attached hydrogen (secondary N) is 1. The molecule has 0 atom stereocenters. The lowest BCUT2D eigenvalue weighted by Crippen LogP contribution is -2.21. The van der Waals surface area contributed by atoms with E-state index in [-0.39, 0.29) is 32.0 Å². The summed E-state index contributed by atoms with van der Waals surface area (Å²) in [4.78, 5) is 49.4. The van der Waals surface area contributed by atoms with Crippen LogP contribution in [0.15, 0.2) is 83.9 Å². The summed E-state index contributed by atoms with van der Waals surface area (Å²) >= 11 is 0. The van der Waals surface area contributed by atoms with Crippen molar-refractivity contribution in [2.24, 2.45) is 4.99 Å². The van der Waals surface area contributed by atoms with Crippen LogP contribution in [0.1, 0.15) is 21.5 Å². The van der Waals surface area contributed by atoms with Gasteiger partial charge in [0, 0.05) is 11.3 Å². The lowest BCUT2D eigenvalue weighted by molar-refractivity contribution is -0.139. The van der Waals surface area contributed by atoms with Crippen molar-refractivity contribution in [2.75, 3.05) is 31.7 Å². The molecule has 3 rings (SSSR count). The van der Waals surface area contributed by atoms with E-state index < -0.39 is 17.8 Å². The van der Waals surface area contributed by atoms with Crippen LogP contribution in [-0.4, -0.2) is 50.4 Å². The number of anilines is 1. The molecular weight excluding hydrogens is 464 g/mol. The molecule has 0 aliphatic carbocycles. The van der Waals surface area contributed by atoms with E-state index in [9.17, 15) is 19.2 Å². The summed E-state index contributed by atoms with van der Waals surface area (Å²) in [7, 11) is 0. The Kier molecular flexibility index (Phi) is 10.1. The highest BCUT2D eigenvalue weighted by Crippen LogP contribution is 2.17. The van der Waals surface area contributed by atoms with E-state index in [2.05, 4.69) is 10.3 Å². The third-order valence-corrected chi connectivity index (χ3v) is 4.86. The first kappa shape index (κ1) is 26.0. The van der Waals surface area contributed by atoms with Crippen LogP contribution in [-0.2, 0) is 30.2 Å². The van der Waals surface area contributed by atoms with Crippen molar-refractivity contribution in [1.82, 2.24) is 0 Å². The SMILES string of the molecule is O=C=Nc1ccc(Cc2ccc(NC(=O)OCCOCCOC(=O)C(=O)c3ccccc3)cc2)cc1. The lowest BCUT2D eigenvalue weighted by Gasteiger charge is -2.09. The Hall–Kier alpha value is -4.59. The van der Waals surface area contributed by atoms with E-state index >= 15 is 0 Å². The number of hydrogen-bond donors (Lipinski definition) is 1. The molecule has 0 spiro atoms. The first-order valence-electron chi connectivity index (χ1n) is 11.1. The van der Waals surface area contributed by atoms with E-state index in [0.717, 1.165) is 11.1 Å². The molecule has 0 bridgehead atoms. The van der Waals surface area contributed by atoms with E-state index in [0.29, 0.717) is 17.8 Å². The van der Waals surface area contributed by atoms with Crippen LogP contribution < -0.4 is 5.32 Å². The smallest absolute Gasteiger partial charge is 0.411 e. The van der Waals surface area contributed by atoms with Gasteiger partial charge >= 0.3 is 12.1 Å². The molecule has 9 heteroatoms. The molecule has 0 aromatic heterocycles. The molecule has 0 aliphatic heterocycles. The number of Topliss-reactive ketones (excluding diaryl/α,β-unsaturated/α-hetero) is 1. The summed E-state index contributed by atoms with van der Waals surface area (Å²) in [6, 6.07) is 22.7. The van der Waals surface area contributed by atoms with Crippen LogP contribution in [0.5, 0.6) is 0 Å². The Morgan fingerprint density at radius 3 is 2.00 bits per heavy atom. The number of isocyanates is 1. The van der Waals surface area contributed by atoms with Crippen LogP contribution >= 0.6 is 0 Å². The van der Waals surface area contributed by atoms with Crippen LogP contribution in [0.2, 0.25) is 0 Å². The quantitative estimate of drug-likeness (QED) is 0.101. The maximum Gasteiger partial charge on any atom is 0.411 e. The van der Waals surface area contributed by atoms with Gasteiger partial charge in [0.2, 0.25) is 6.08 Å². The molecule has 0 unspecified atom stereocenters. The highest BCUT2D eigenvalue weighted by atomic mass is 16.6. The zero-order valence-corrected chi connectivity index (χ0v) is 19.3. The molecule has 0 radical (unpaired) electrons. The number of esters is 1. The van der Waals surface area contributed by atoms with Gasteiger partial charge in [-0.15, -0.1) is 0 Å². The minimum atomic E-state index is -0.950. The fourth-order valence-corrected chi connectivity index (χ4v) is 3.10. The van der Waals surface area contributed by atoms with Crippen molar-refractivity contribution in [3.05, 3.63) is 95.6 Å². The predicted octanol–water partition coefficient (Wildman–Crippen LogP) is 4.24. The van der Waals surface area contributed by atoms with Crippen LogP contribution in [0, 0.1) is 0 Å². The van der Waals surface area contributed by atoms with Crippen molar-refractivity contribution in [1.29, 1.82) is 0 Å². The summed E-state index contributed by atoms with van der Waals surface area (Å²) in [6.07, 6.45) is 1.56.